The van der Waals surface area contributed by atoms with Gasteiger partial charge in [-0.15, -0.1) is 11.8 Å². The van der Waals surface area contributed by atoms with Crippen molar-refractivity contribution in [2.45, 2.75) is 24.6 Å². The van der Waals surface area contributed by atoms with Gasteiger partial charge in [0.15, 0.2) is 0 Å². The fourth-order valence-corrected chi connectivity index (χ4v) is 2.88. The molecule has 100 valence electrons. The molecule has 3 nitrogen and oxygen atoms in total. The van der Waals surface area contributed by atoms with E-state index in [9.17, 15) is 0 Å². The van der Waals surface area contributed by atoms with Gasteiger partial charge in [-0.2, -0.15) is 0 Å². The Morgan fingerprint density at radius 3 is 2.63 bits per heavy atom. The van der Waals surface area contributed by atoms with Crippen LogP contribution in [0, 0.1) is 13.8 Å². The Labute approximate surface area is 118 Å². The molecule has 0 radical (unpaired) electrons. The van der Waals surface area contributed by atoms with Gasteiger partial charge in [0.25, 0.3) is 0 Å². The van der Waals surface area contributed by atoms with E-state index < -0.39 is 0 Å². The van der Waals surface area contributed by atoms with Gasteiger partial charge in [0.05, 0.1) is 12.1 Å². The molecule has 0 saturated heterocycles. The van der Waals surface area contributed by atoms with Crippen LogP contribution in [0.3, 0.4) is 0 Å². The van der Waals surface area contributed by atoms with Gasteiger partial charge in [0.1, 0.15) is 5.75 Å². The largest absolute Gasteiger partial charge is 0.497 e. The minimum atomic E-state index is 0.725. The predicted molar refractivity (Wildman–Crippen MR) is 80.7 cm³/mol. The van der Waals surface area contributed by atoms with Gasteiger partial charge in [-0.3, -0.25) is 0 Å². The predicted octanol–water partition coefficient (Wildman–Crippen LogP) is 3.58. The highest BCUT2D eigenvalue weighted by atomic mass is 32.2. The number of hydrogen-bond donors (Lipinski definition) is 1. The average Bonchev–Trinajstić information content (AvgIpc) is 2.34. The lowest BCUT2D eigenvalue weighted by Crippen LogP contribution is -1.92. The average molecular weight is 274 g/mol. The summed E-state index contributed by atoms with van der Waals surface area (Å²) >= 11 is 1.71. The molecule has 0 atom stereocenters. The first kappa shape index (κ1) is 13.7. The molecule has 19 heavy (non-hydrogen) atoms. The van der Waals surface area contributed by atoms with Gasteiger partial charge in [-0.05, 0) is 49.2 Å². The Morgan fingerprint density at radius 2 is 1.95 bits per heavy atom. The number of thioether (sulfide) groups is 1. The first-order chi connectivity index (χ1) is 9.06. The normalized spacial score (nSPS) is 10.5. The van der Waals surface area contributed by atoms with Gasteiger partial charge in [-0.25, -0.2) is 4.98 Å². The molecule has 2 aromatic rings. The van der Waals surface area contributed by atoms with Crippen molar-refractivity contribution in [1.29, 1.82) is 0 Å². The third kappa shape index (κ3) is 3.89. The molecule has 0 fully saturated rings. The molecule has 0 bridgehead atoms. The number of methoxy groups -OCH3 is 1. The monoisotopic (exact) mass is 274 g/mol. The lowest BCUT2D eigenvalue weighted by Gasteiger charge is -2.07. The highest BCUT2D eigenvalue weighted by molar-refractivity contribution is 7.98. The summed E-state index contributed by atoms with van der Waals surface area (Å²) in [6, 6.07) is 9.97. The van der Waals surface area contributed by atoms with Crippen molar-refractivity contribution in [3.05, 3.63) is 47.2 Å². The number of rotatable bonds is 4. The Morgan fingerprint density at radius 1 is 1.16 bits per heavy atom. The highest BCUT2D eigenvalue weighted by Crippen LogP contribution is 2.26. The minimum Gasteiger partial charge on any atom is -0.497 e. The van der Waals surface area contributed by atoms with Gasteiger partial charge >= 0.3 is 0 Å². The van der Waals surface area contributed by atoms with Gasteiger partial charge in [-0.1, -0.05) is 0 Å². The second-order valence-corrected chi connectivity index (χ2v) is 5.52. The van der Waals surface area contributed by atoms with E-state index in [-0.39, 0.29) is 0 Å². The number of nitrogen functional groups attached to an aromatic ring is 1. The van der Waals surface area contributed by atoms with E-state index in [0.29, 0.717) is 0 Å². The van der Waals surface area contributed by atoms with Crippen LogP contribution in [-0.4, -0.2) is 12.1 Å². The molecule has 0 aliphatic heterocycles. The first-order valence-corrected chi connectivity index (χ1v) is 7.07. The van der Waals surface area contributed by atoms with Gasteiger partial charge in [0, 0.05) is 23.2 Å². The molecule has 2 rings (SSSR count). The van der Waals surface area contributed by atoms with Crippen LogP contribution in [0.15, 0.2) is 35.4 Å². The van der Waals surface area contributed by atoms with Crippen LogP contribution in [0.1, 0.15) is 16.8 Å². The van der Waals surface area contributed by atoms with Crippen LogP contribution in [0.2, 0.25) is 0 Å². The molecule has 0 saturated carbocycles. The molecule has 0 spiro atoms. The zero-order valence-corrected chi connectivity index (χ0v) is 12.3. The van der Waals surface area contributed by atoms with Crippen LogP contribution < -0.4 is 10.5 Å². The third-order valence-electron chi connectivity index (χ3n) is 2.69. The number of nitrogens with two attached hydrogens (primary N) is 1. The first-order valence-electron chi connectivity index (χ1n) is 6.08. The van der Waals surface area contributed by atoms with Crippen LogP contribution in [0.5, 0.6) is 5.75 Å². The summed E-state index contributed by atoms with van der Waals surface area (Å²) in [6.07, 6.45) is 0. The van der Waals surface area contributed by atoms with Crippen LogP contribution in [0.4, 0.5) is 5.69 Å². The van der Waals surface area contributed by atoms with E-state index in [1.165, 1.54) is 5.56 Å². The number of anilines is 1. The second kappa shape index (κ2) is 5.97. The molecular formula is C15H18N2OS. The fourth-order valence-electron chi connectivity index (χ4n) is 1.92. The molecule has 4 heteroatoms. The number of pyridine rings is 1. The summed E-state index contributed by atoms with van der Waals surface area (Å²) in [6.45, 7) is 4.10. The number of ether oxygens (including phenoxy) is 1. The number of aryl methyl sites for hydroxylation is 2. The van der Waals surface area contributed by atoms with Crippen molar-refractivity contribution in [2.24, 2.45) is 0 Å². The second-order valence-electron chi connectivity index (χ2n) is 4.53. The Bertz CT molecular complexity index is 564. The third-order valence-corrected chi connectivity index (χ3v) is 3.67. The molecule has 0 aliphatic rings. The van der Waals surface area contributed by atoms with E-state index in [0.717, 1.165) is 33.5 Å². The maximum atomic E-state index is 5.85. The molecular weight excluding hydrogens is 256 g/mol. The standard InChI is InChI=1S/C15H18N2OS/c1-10-4-11(2)17-15(5-10)19-9-12-6-13(16)8-14(7-12)18-3/h4-8H,9,16H2,1-3H3. The van der Waals surface area contributed by atoms with Crippen molar-refractivity contribution >= 4 is 17.4 Å². The molecule has 1 aromatic heterocycles. The minimum absolute atomic E-state index is 0.725. The van der Waals surface area contributed by atoms with Gasteiger partial charge in [0.2, 0.25) is 0 Å². The van der Waals surface area contributed by atoms with Gasteiger partial charge < -0.3 is 10.5 Å². The summed E-state index contributed by atoms with van der Waals surface area (Å²) in [5.74, 6) is 1.63. The molecule has 0 unspecified atom stereocenters. The Kier molecular flexibility index (Phi) is 4.32. The topological polar surface area (TPSA) is 48.1 Å². The number of nitrogens with zero attached hydrogens (tertiary/aromatic N) is 1. The van der Waals surface area contributed by atoms with E-state index in [1.54, 1.807) is 18.9 Å². The highest BCUT2D eigenvalue weighted by Gasteiger charge is 2.03. The van der Waals surface area contributed by atoms with E-state index in [2.05, 4.69) is 24.0 Å². The van der Waals surface area contributed by atoms with Crippen LogP contribution >= 0.6 is 11.8 Å². The Balaban J connectivity index is 2.11. The molecule has 1 aromatic carbocycles. The van der Waals surface area contributed by atoms with Crippen molar-refractivity contribution in [3.8, 4) is 5.75 Å². The maximum absolute atomic E-state index is 5.85. The number of aromatic nitrogens is 1. The molecule has 0 amide bonds. The summed E-state index contributed by atoms with van der Waals surface area (Å²) in [5.41, 5.74) is 10.00. The summed E-state index contributed by atoms with van der Waals surface area (Å²) in [4.78, 5) is 4.51. The summed E-state index contributed by atoms with van der Waals surface area (Å²) < 4.78 is 5.22. The zero-order valence-electron chi connectivity index (χ0n) is 11.4. The molecule has 0 aliphatic carbocycles. The number of benzene rings is 1. The van der Waals surface area contributed by atoms with Crippen molar-refractivity contribution < 1.29 is 4.74 Å². The Hall–Kier alpha value is -1.68. The van der Waals surface area contributed by atoms with Crippen LogP contribution in [0.25, 0.3) is 0 Å². The summed E-state index contributed by atoms with van der Waals surface area (Å²) in [7, 11) is 1.65. The zero-order chi connectivity index (χ0) is 13.8. The molecule has 1 heterocycles. The lowest BCUT2D eigenvalue weighted by atomic mass is 10.2. The number of hydrogen-bond acceptors (Lipinski definition) is 4. The van der Waals surface area contributed by atoms with Crippen molar-refractivity contribution in [2.75, 3.05) is 12.8 Å². The molecule has 2 N–H and O–H groups in total. The van der Waals surface area contributed by atoms with Crippen molar-refractivity contribution in [3.63, 3.8) is 0 Å². The van der Waals surface area contributed by atoms with Crippen LogP contribution in [-0.2, 0) is 5.75 Å². The fraction of sp³-hybridized carbons (Fsp3) is 0.267. The van der Waals surface area contributed by atoms with E-state index >= 15 is 0 Å². The smallest absolute Gasteiger partial charge is 0.121 e. The van der Waals surface area contributed by atoms with E-state index in [1.807, 2.05) is 25.1 Å². The maximum Gasteiger partial charge on any atom is 0.121 e. The lowest BCUT2D eigenvalue weighted by molar-refractivity contribution is 0.414. The van der Waals surface area contributed by atoms with E-state index in [4.69, 9.17) is 10.5 Å². The SMILES string of the molecule is COc1cc(N)cc(CSc2cc(C)cc(C)n2)c1. The summed E-state index contributed by atoms with van der Waals surface area (Å²) in [5, 5.41) is 1.04. The quantitative estimate of drug-likeness (QED) is 0.684. The van der Waals surface area contributed by atoms with Crippen molar-refractivity contribution in [1.82, 2.24) is 4.98 Å².